The number of rotatable bonds is 8. The average Bonchev–Trinajstić information content (AvgIpc) is 2.80. The van der Waals surface area contributed by atoms with Gasteiger partial charge in [0.25, 0.3) is 0 Å². The van der Waals surface area contributed by atoms with Gasteiger partial charge in [-0.3, -0.25) is 0 Å². The van der Waals surface area contributed by atoms with E-state index in [1.54, 1.807) is 24.8 Å². The topological polar surface area (TPSA) is 129 Å². The van der Waals surface area contributed by atoms with Crippen LogP contribution in [0.4, 0.5) is 11.5 Å². The molecule has 1 aromatic carbocycles. The van der Waals surface area contributed by atoms with Crippen LogP contribution in [0.15, 0.2) is 41.4 Å². The summed E-state index contributed by atoms with van der Waals surface area (Å²) in [5.74, 6) is -0.280. The van der Waals surface area contributed by atoms with E-state index in [-0.39, 0.29) is 41.2 Å². The molecule has 2 atom stereocenters. The molecule has 0 aliphatic carbocycles. The van der Waals surface area contributed by atoms with Gasteiger partial charge in [0, 0.05) is 0 Å². The van der Waals surface area contributed by atoms with Gasteiger partial charge >= 0.3 is 201 Å². The number of sulfone groups is 1. The van der Waals surface area contributed by atoms with Crippen molar-refractivity contribution >= 4 is 48.5 Å². The van der Waals surface area contributed by atoms with Crippen molar-refractivity contribution in [3.63, 3.8) is 0 Å². The summed E-state index contributed by atoms with van der Waals surface area (Å²) in [6, 6.07) is 7.37. The summed E-state index contributed by atoms with van der Waals surface area (Å²) in [5, 5.41) is 11.6. The Morgan fingerprint density at radius 1 is 1.33 bits per heavy atom. The quantitative estimate of drug-likeness (QED) is 0.214. The van der Waals surface area contributed by atoms with Gasteiger partial charge in [0.2, 0.25) is 0 Å². The monoisotopic (exact) mass is 537 g/mol. The predicted octanol–water partition coefficient (Wildman–Crippen LogP) is 1.76. The van der Waals surface area contributed by atoms with Crippen molar-refractivity contribution in [1.82, 2.24) is 4.98 Å². The summed E-state index contributed by atoms with van der Waals surface area (Å²) in [5.41, 5.74) is -0.169. The zero-order valence-corrected chi connectivity index (χ0v) is 20.9. The zero-order chi connectivity index (χ0) is 24.2. The fourth-order valence-corrected chi connectivity index (χ4v) is 5.27. The molecule has 0 saturated carbocycles. The van der Waals surface area contributed by atoms with Crippen LogP contribution in [0.3, 0.4) is 0 Å². The number of ether oxygens (including phenoxy) is 2. The van der Waals surface area contributed by atoms with Crippen molar-refractivity contribution in [2.75, 3.05) is 23.8 Å². The summed E-state index contributed by atoms with van der Waals surface area (Å²) in [7, 11) is -3.39. The second-order valence-corrected chi connectivity index (χ2v) is 10.7. The second-order valence-electron chi connectivity index (χ2n) is 7.38. The van der Waals surface area contributed by atoms with Gasteiger partial charge in [0.15, 0.2) is 0 Å². The van der Waals surface area contributed by atoms with Crippen LogP contribution >= 0.6 is 0 Å². The molecule has 2 heterocycles. The van der Waals surface area contributed by atoms with Gasteiger partial charge in [-0.15, -0.1) is 0 Å². The Morgan fingerprint density at radius 3 is 2.73 bits per heavy atom. The molecule has 2 aromatic rings. The molecular formula is C21H24AsN3O7S. The van der Waals surface area contributed by atoms with E-state index < -0.39 is 26.9 Å². The number of aromatic nitrogens is 1. The molecule has 10 nitrogen and oxygen atoms in total. The van der Waals surface area contributed by atoms with E-state index in [1.165, 1.54) is 30.5 Å². The summed E-state index contributed by atoms with van der Waals surface area (Å²) in [4.78, 5) is 29.5. The number of hydrogen-bond donors (Lipinski definition) is 0. The standard InChI is InChI=1S/C21H24AsN3O7S/c1-3-31-21(26)14-9-11-24(20-17(25(27)28)6-5-10-23-20)19(12-14)32-18-8-7-15(13-16(18)22)33(29,30)4-2/h5-8,10,13-14,19H,3-4,9,11-12H2,1-2H3. The molecule has 1 fully saturated rings. The molecule has 0 amide bonds. The van der Waals surface area contributed by atoms with Crippen LogP contribution < -0.4 is 14.0 Å². The number of nitro groups is 1. The number of esters is 1. The zero-order valence-electron chi connectivity index (χ0n) is 18.2. The molecule has 3 rings (SSSR count). The Balaban J connectivity index is 1.96. The van der Waals surface area contributed by atoms with Gasteiger partial charge in [-0.25, -0.2) is 0 Å². The molecule has 33 heavy (non-hydrogen) atoms. The number of carbonyl (C=O) groups excluding carboxylic acids is 1. The van der Waals surface area contributed by atoms with Gasteiger partial charge in [-0.2, -0.15) is 0 Å². The van der Waals surface area contributed by atoms with Crippen molar-refractivity contribution in [2.24, 2.45) is 5.92 Å². The number of nitrogens with zero attached hydrogens (tertiary/aromatic N) is 3. The number of anilines is 1. The first kappa shape index (κ1) is 25.0. The molecule has 12 heteroatoms. The van der Waals surface area contributed by atoms with Gasteiger partial charge in [-0.1, -0.05) is 0 Å². The Bertz CT molecular complexity index is 1140. The fourth-order valence-electron chi connectivity index (χ4n) is 3.61. The van der Waals surface area contributed by atoms with Crippen LogP contribution in [0, 0.1) is 16.0 Å². The minimum atomic E-state index is -3.39. The van der Waals surface area contributed by atoms with E-state index in [9.17, 15) is 23.3 Å². The van der Waals surface area contributed by atoms with E-state index in [0.29, 0.717) is 23.1 Å². The third kappa shape index (κ3) is 5.65. The van der Waals surface area contributed by atoms with Gasteiger partial charge in [0.1, 0.15) is 0 Å². The first-order chi connectivity index (χ1) is 15.7. The van der Waals surface area contributed by atoms with Crippen LogP contribution in [-0.2, 0) is 19.4 Å². The van der Waals surface area contributed by atoms with Crippen molar-refractivity contribution < 1.29 is 27.6 Å². The molecule has 1 saturated heterocycles. The molecular weight excluding hydrogens is 513 g/mol. The molecule has 0 bridgehead atoms. The molecule has 0 N–H and O–H groups in total. The van der Waals surface area contributed by atoms with Crippen LogP contribution in [0.2, 0.25) is 0 Å². The Hall–Kier alpha value is -2.65. The second kappa shape index (κ2) is 10.5. The van der Waals surface area contributed by atoms with Gasteiger partial charge in [-0.05, 0) is 0 Å². The van der Waals surface area contributed by atoms with Crippen LogP contribution in [-0.4, -0.2) is 66.3 Å². The number of carbonyl (C=O) groups is 1. The van der Waals surface area contributed by atoms with Gasteiger partial charge < -0.3 is 0 Å². The van der Waals surface area contributed by atoms with E-state index in [0.717, 1.165) is 0 Å². The molecule has 2 radical (unpaired) electrons. The Labute approximate surface area is 200 Å². The van der Waals surface area contributed by atoms with E-state index in [1.807, 2.05) is 0 Å². The fraction of sp³-hybridized carbons (Fsp3) is 0.429. The average molecular weight is 537 g/mol. The SMILES string of the molecule is CCOC(=O)C1CCN(c2ncccc2[N+](=O)[O-])C(Oc2ccc(S(=O)(=O)CC)cc2[As])C1. The summed E-state index contributed by atoms with van der Waals surface area (Å²) < 4.78 is 36.3. The summed E-state index contributed by atoms with van der Waals surface area (Å²) in [6.45, 7) is 3.84. The molecule has 0 spiro atoms. The van der Waals surface area contributed by atoms with E-state index in [2.05, 4.69) is 21.8 Å². The van der Waals surface area contributed by atoms with Crippen LogP contribution in [0.5, 0.6) is 5.75 Å². The van der Waals surface area contributed by atoms with Crippen molar-refractivity contribution in [2.45, 2.75) is 37.8 Å². The maximum atomic E-state index is 12.4. The third-order valence-corrected chi connectivity index (χ3v) is 7.81. The molecule has 1 aliphatic heterocycles. The molecule has 1 aliphatic rings. The Kier molecular flexibility index (Phi) is 7.96. The number of benzene rings is 1. The molecule has 2 unspecified atom stereocenters. The minimum absolute atomic E-state index is 0.0272. The number of pyridine rings is 1. The number of piperidine rings is 1. The van der Waals surface area contributed by atoms with Gasteiger partial charge in [0.05, 0.1) is 0 Å². The summed E-state index contributed by atoms with van der Waals surface area (Å²) in [6.07, 6.45) is 1.37. The molecule has 176 valence electrons. The number of hydrogen-bond acceptors (Lipinski definition) is 9. The van der Waals surface area contributed by atoms with Crippen molar-refractivity contribution in [1.29, 1.82) is 0 Å². The first-order valence-electron chi connectivity index (χ1n) is 10.4. The van der Waals surface area contributed by atoms with Crippen LogP contribution in [0.1, 0.15) is 26.7 Å². The van der Waals surface area contributed by atoms with E-state index in [4.69, 9.17) is 9.47 Å². The third-order valence-electron chi connectivity index (χ3n) is 5.34. The first-order valence-corrected chi connectivity index (χ1v) is 13.0. The van der Waals surface area contributed by atoms with Crippen molar-refractivity contribution in [3.05, 3.63) is 46.6 Å². The molecule has 1 aromatic heterocycles. The Morgan fingerprint density at radius 2 is 2.09 bits per heavy atom. The predicted molar refractivity (Wildman–Crippen MR) is 122 cm³/mol. The normalized spacial score (nSPS) is 18.6. The maximum absolute atomic E-state index is 12.4. The summed E-state index contributed by atoms with van der Waals surface area (Å²) >= 11 is 2.27. The van der Waals surface area contributed by atoms with Crippen LogP contribution in [0.25, 0.3) is 0 Å². The van der Waals surface area contributed by atoms with E-state index >= 15 is 0 Å². The van der Waals surface area contributed by atoms with Crippen molar-refractivity contribution in [3.8, 4) is 5.75 Å².